The molecule has 0 aliphatic carbocycles. The quantitative estimate of drug-likeness (QED) is 0.437. The van der Waals surface area contributed by atoms with E-state index in [2.05, 4.69) is 17.1 Å². The highest BCUT2D eigenvalue weighted by Crippen LogP contribution is 2.23. The van der Waals surface area contributed by atoms with Gasteiger partial charge < -0.3 is 14.6 Å². The van der Waals surface area contributed by atoms with Crippen molar-refractivity contribution in [1.82, 2.24) is 18.9 Å². The Morgan fingerprint density at radius 2 is 1.86 bits per heavy atom. The molecule has 1 amide bonds. The molecule has 3 aromatic heterocycles. The largest absolute Gasteiger partial charge is 0.395 e. The smallest absolute Gasteiger partial charge is 0.267 e. The van der Waals surface area contributed by atoms with Gasteiger partial charge in [-0.1, -0.05) is 36.4 Å². The van der Waals surface area contributed by atoms with Gasteiger partial charge in [0.15, 0.2) is 0 Å². The van der Waals surface area contributed by atoms with Crippen LogP contribution in [-0.4, -0.2) is 49.6 Å². The van der Waals surface area contributed by atoms with Crippen molar-refractivity contribution in [1.29, 1.82) is 5.41 Å². The molecule has 4 heterocycles. The molecule has 1 aliphatic rings. The minimum Gasteiger partial charge on any atom is -0.395 e. The number of rotatable bonds is 5. The molecular formula is C27H29N5O3. The van der Waals surface area contributed by atoms with Crippen LogP contribution in [0.3, 0.4) is 0 Å². The molecule has 5 rings (SSSR count). The molecule has 0 radical (unpaired) electrons. The van der Waals surface area contributed by atoms with Crippen LogP contribution in [0, 0.1) is 18.3 Å². The van der Waals surface area contributed by atoms with E-state index < -0.39 is 0 Å². The van der Waals surface area contributed by atoms with E-state index in [0.717, 1.165) is 24.8 Å². The van der Waals surface area contributed by atoms with Gasteiger partial charge in [-0.15, -0.1) is 0 Å². The van der Waals surface area contributed by atoms with Crippen LogP contribution < -0.4 is 11.0 Å². The summed E-state index contributed by atoms with van der Waals surface area (Å²) in [5, 5.41) is 18.7. The molecule has 4 aromatic rings. The number of carbonyl (C=O) groups excluding carboxylic acids is 1. The summed E-state index contributed by atoms with van der Waals surface area (Å²) in [5.41, 5.74) is 2.77. The van der Waals surface area contributed by atoms with Gasteiger partial charge in [0.25, 0.3) is 11.5 Å². The Morgan fingerprint density at radius 1 is 1.11 bits per heavy atom. The van der Waals surface area contributed by atoms with E-state index in [4.69, 9.17) is 5.41 Å². The Kier molecular flexibility index (Phi) is 6.21. The first-order valence-corrected chi connectivity index (χ1v) is 12.0. The number of benzene rings is 1. The summed E-state index contributed by atoms with van der Waals surface area (Å²) < 4.78 is 2.94. The lowest BCUT2D eigenvalue weighted by Gasteiger charge is -2.32. The summed E-state index contributed by atoms with van der Waals surface area (Å²) in [5.74, 6) is 0.256. The van der Waals surface area contributed by atoms with Crippen LogP contribution in [0.25, 0.3) is 16.7 Å². The van der Waals surface area contributed by atoms with E-state index in [-0.39, 0.29) is 41.1 Å². The standard InChI is InChI=1S/C27H29N5O3/c1-18-6-5-11-32-24(18)29-25-22(27(32)35)17-21(23(28)31(25)14-15-33)26(34)30-12-9-20(10-13-30)16-19-7-3-2-4-8-19/h2-8,11,17,20,28,33H,9-10,12-16H2,1H3. The predicted molar refractivity (Wildman–Crippen MR) is 133 cm³/mol. The molecule has 1 saturated heterocycles. The van der Waals surface area contributed by atoms with Crippen molar-refractivity contribution in [3.05, 3.63) is 87.3 Å². The molecule has 8 heteroatoms. The van der Waals surface area contributed by atoms with Gasteiger partial charge in [-0.05, 0) is 55.4 Å². The van der Waals surface area contributed by atoms with Crippen LogP contribution in [0.2, 0.25) is 0 Å². The molecule has 1 aromatic carbocycles. The van der Waals surface area contributed by atoms with Crippen LogP contribution in [0.4, 0.5) is 0 Å². The zero-order chi connectivity index (χ0) is 24.5. The first-order valence-electron chi connectivity index (χ1n) is 12.0. The number of aryl methyl sites for hydroxylation is 1. The Hall–Kier alpha value is -3.78. The second kappa shape index (κ2) is 9.46. The third kappa shape index (κ3) is 4.25. The molecule has 0 unspecified atom stereocenters. The molecule has 8 nitrogen and oxygen atoms in total. The highest BCUT2D eigenvalue weighted by atomic mass is 16.3. The molecular weight excluding hydrogens is 442 g/mol. The lowest BCUT2D eigenvalue weighted by atomic mass is 9.90. The summed E-state index contributed by atoms with van der Waals surface area (Å²) in [6.45, 7) is 2.93. The fourth-order valence-electron chi connectivity index (χ4n) is 5.04. The number of aliphatic hydroxyl groups is 1. The number of aliphatic hydroxyl groups excluding tert-OH is 1. The van der Waals surface area contributed by atoms with Crippen molar-refractivity contribution in [2.45, 2.75) is 32.7 Å². The molecule has 1 fully saturated rings. The molecule has 1 aliphatic heterocycles. The Morgan fingerprint density at radius 3 is 2.57 bits per heavy atom. The maximum atomic E-state index is 13.5. The monoisotopic (exact) mass is 471 g/mol. The molecule has 2 N–H and O–H groups in total. The third-order valence-corrected chi connectivity index (χ3v) is 6.96. The van der Waals surface area contributed by atoms with Gasteiger partial charge >= 0.3 is 0 Å². The predicted octanol–water partition coefficient (Wildman–Crippen LogP) is 2.52. The molecule has 0 atom stereocenters. The fourth-order valence-corrected chi connectivity index (χ4v) is 5.04. The number of amides is 1. The van der Waals surface area contributed by atoms with E-state index in [0.29, 0.717) is 30.3 Å². The van der Waals surface area contributed by atoms with Gasteiger partial charge in [0, 0.05) is 25.8 Å². The number of nitrogens with zero attached hydrogens (tertiary/aromatic N) is 4. The number of aromatic nitrogens is 3. The summed E-state index contributed by atoms with van der Waals surface area (Å²) >= 11 is 0. The number of pyridine rings is 2. The molecule has 35 heavy (non-hydrogen) atoms. The zero-order valence-electron chi connectivity index (χ0n) is 19.8. The first kappa shape index (κ1) is 23.0. The number of piperidine rings is 1. The van der Waals surface area contributed by atoms with E-state index in [9.17, 15) is 14.7 Å². The number of hydrogen-bond acceptors (Lipinski definition) is 5. The normalized spacial score (nSPS) is 14.6. The summed E-state index contributed by atoms with van der Waals surface area (Å²) in [4.78, 5) is 33.3. The highest BCUT2D eigenvalue weighted by Gasteiger charge is 2.26. The lowest BCUT2D eigenvalue weighted by molar-refractivity contribution is 0.0687. The van der Waals surface area contributed by atoms with Gasteiger partial charge in [0.05, 0.1) is 17.6 Å². The summed E-state index contributed by atoms with van der Waals surface area (Å²) in [7, 11) is 0. The van der Waals surface area contributed by atoms with Gasteiger partial charge in [-0.2, -0.15) is 0 Å². The number of fused-ring (bicyclic) bond motifs is 2. The average molecular weight is 472 g/mol. The third-order valence-electron chi connectivity index (χ3n) is 6.96. The first-order chi connectivity index (χ1) is 17.0. The van der Waals surface area contributed by atoms with E-state index in [1.54, 1.807) is 17.2 Å². The maximum Gasteiger partial charge on any atom is 0.267 e. The Balaban J connectivity index is 1.49. The van der Waals surface area contributed by atoms with E-state index >= 15 is 0 Å². The fraction of sp³-hybridized carbons (Fsp3) is 0.333. The average Bonchev–Trinajstić information content (AvgIpc) is 2.87. The number of carbonyl (C=O) groups is 1. The Labute approximate surface area is 202 Å². The van der Waals surface area contributed by atoms with Gasteiger partial charge in [-0.25, -0.2) is 4.98 Å². The van der Waals surface area contributed by atoms with E-state index in [1.165, 1.54) is 20.6 Å². The van der Waals surface area contributed by atoms with Crippen LogP contribution in [-0.2, 0) is 13.0 Å². The van der Waals surface area contributed by atoms with Crippen LogP contribution in [0.5, 0.6) is 0 Å². The van der Waals surface area contributed by atoms with Crippen molar-refractivity contribution in [3.8, 4) is 0 Å². The summed E-state index contributed by atoms with van der Waals surface area (Å²) in [6.07, 6.45) is 4.44. The van der Waals surface area contributed by atoms with Crippen molar-refractivity contribution in [3.63, 3.8) is 0 Å². The number of hydrogen-bond donors (Lipinski definition) is 2. The molecule has 0 saturated carbocycles. The maximum absolute atomic E-state index is 13.5. The van der Waals surface area contributed by atoms with Crippen LogP contribution in [0.15, 0.2) is 59.5 Å². The second-order valence-electron chi connectivity index (χ2n) is 9.25. The highest BCUT2D eigenvalue weighted by molar-refractivity contribution is 5.97. The molecule has 180 valence electrons. The van der Waals surface area contributed by atoms with Crippen molar-refractivity contribution in [2.24, 2.45) is 5.92 Å². The number of likely N-dealkylation sites (tertiary alicyclic amines) is 1. The SMILES string of the molecule is Cc1cccn2c(=O)c3cc(C(=O)N4CCC(Cc5ccccc5)CC4)c(=N)n(CCO)c3nc12. The van der Waals surface area contributed by atoms with Crippen LogP contribution in [0.1, 0.15) is 34.3 Å². The minimum atomic E-state index is -0.295. The van der Waals surface area contributed by atoms with Gasteiger partial charge in [-0.3, -0.25) is 19.4 Å². The van der Waals surface area contributed by atoms with Crippen molar-refractivity contribution < 1.29 is 9.90 Å². The summed E-state index contributed by atoms with van der Waals surface area (Å²) in [6, 6.07) is 15.5. The molecule has 0 spiro atoms. The van der Waals surface area contributed by atoms with Gasteiger partial charge in [0.1, 0.15) is 16.8 Å². The minimum absolute atomic E-state index is 0.0345. The molecule has 0 bridgehead atoms. The topological polar surface area (TPSA) is 104 Å². The van der Waals surface area contributed by atoms with Crippen LogP contribution >= 0.6 is 0 Å². The zero-order valence-corrected chi connectivity index (χ0v) is 19.8. The van der Waals surface area contributed by atoms with E-state index in [1.807, 2.05) is 31.2 Å². The second-order valence-corrected chi connectivity index (χ2v) is 9.25. The number of nitrogens with one attached hydrogen (secondary N) is 1. The Bertz CT molecular complexity index is 1520. The van der Waals surface area contributed by atoms with Crippen molar-refractivity contribution in [2.75, 3.05) is 19.7 Å². The lowest BCUT2D eigenvalue weighted by Crippen LogP contribution is -2.42. The van der Waals surface area contributed by atoms with Crippen molar-refractivity contribution >= 4 is 22.6 Å². The van der Waals surface area contributed by atoms with Gasteiger partial charge in [0.2, 0.25) is 0 Å².